The quantitative estimate of drug-likeness (QED) is 0.947. The third-order valence-corrected chi connectivity index (χ3v) is 5.17. The summed E-state index contributed by atoms with van der Waals surface area (Å²) in [5.41, 5.74) is 0.530. The van der Waals surface area contributed by atoms with Gasteiger partial charge in [0.2, 0.25) is 0 Å². The highest BCUT2D eigenvalue weighted by molar-refractivity contribution is 7.13. The van der Waals surface area contributed by atoms with E-state index in [9.17, 15) is 4.79 Å². The Morgan fingerprint density at radius 2 is 2.35 bits per heavy atom. The Balaban J connectivity index is 1.84. The molecule has 3 rings (SSSR count). The minimum absolute atomic E-state index is 0.0163. The van der Waals surface area contributed by atoms with Crippen LogP contribution in [-0.2, 0) is 0 Å². The van der Waals surface area contributed by atoms with E-state index in [1.807, 2.05) is 22.7 Å². The molecule has 1 amide bonds. The molecule has 1 atom stereocenters. The Kier molecular flexibility index (Phi) is 3.98. The first-order valence-corrected chi connectivity index (χ1v) is 8.39. The largest absolute Gasteiger partial charge is 0.365 e. The maximum atomic E-state index is 12.7. The van der Waals surface area contributed by atoms with Gasteiger partial charge in [0.05, 0.1) is 6.04 Å². The van der Waals surface area contributed by atoms with Gasteiger partial charge in [-0.1, -0.05) is 0 Å². The van der Waals surface area contributed by atoms with Crippen LogP contribution in [0.4, 0.5) is 5.13 Å². The van der Waals surface area contributed by atoms with Crippen LogP contribution < -0.4 is 5.32 Å². The van der Waals surface area contributed by atoms with Crippen LogP contribution in [0.2, 0.25) is 0 Å². The number of anilines is 1. The van der Waals surface area contributed by atoms with Gasteiger partial charge in [0, 0.05) is 30.5 Å². The van der Waals surface area contributed by atoms with Crippen LogP contribution in [-0.4, -0.2) is 34.4 Å². The maximum Gasteiger partial charge on any atom is 0.274 e. The molecule has 0 bridgehead atoms. The minimum Gasteiger partial charge on any atom is -0.365 e. The van der Waals surface area contributed by atoms with Gasteiger partial charge in [-0.3, -0.25) is 4.79 Å². The molecule has 0 spiro atoms. The van der Waals surface area contributed by atoms with Crippen molar-refractivity contribution in [3.05, 3.63) is 27.7 Å². The molecule has 5 nitrogen and oxygen atoms in total. The third-order valence-electron chi connectivity index (χ3n) is 3.44. The van der Waals surface area contributed by atoms with Crippen molar-refractivity contribution in [3.63, 3.8) is 0 Å². The highest BCUT2D eigenvalue weighted by atomic mass is 32.1. The van der Waals surface area contributed by atoms with Crippen LogP contribution in [0.25, 0.3) is 0 Å². The van der Waals surface area contributed by atoms with Crippen LogP contribution in [0, 0.1) is 0 Å². The number of nitrogens with zero attached hydrogens (tertiary/aromatic N) is 3. The molecule has 2 aromatic heterocycles. The van der Waals surface area contributed by atoms with Crippen molar-refractivity contribution in [2.24, 2.45) is 0 Å². The van der Waals surface area contributed by atoms with Gasteiger partial charge in [0.15, 0.2) is 5.13 Å². The summed E-state index contributed by atoms with van der Waals surface area (Å²) >= 11 is 3.08. The number of piperidine rings is 1. The molecule has 20 heavy (non-hydrogen) atoms. The number of amides is 1. The first-order valence-electron chi connectivity index (χ1n) is 6.63. The SMILES string of the molecule is CNc1nc(C(=O)N2CCCC[C@H]2c2nccs2)cs1. The van der Waals surface area contributed by atoms with E-state index in [-0.39, 0.29) is 11.9 Å². The standard InChI is InChI=1S/C13H16N4OS2/c1-14-13-16-9(8-20-13)12(18)17-6-3-2-4-10(17)11-15-5-7-19-11/h5,7-8,10H,2-4,6H2,1H3,(H,14,16)/t10-/m0/s1. The van der Waals surface area contributed by atoms with Crippen molar-refractivity contribution in [3.8, 4) is 0 Å². The Morgan fingerprint density at radius 1 is 1.45 bits per heavy atom. The summed E-state index contributed by atoms with van der Waals surface area (Å²) in [6.45, 7) is 0.787. The van der Waals surface area contributed by atoms with Crippen molar-refractivity contribution in [1.29, 1.82) is 0 Å². The van der Waals surface area contributed by atoms with Crippen LogP contribution in [0.15, 0.2) is 17.0 Å². The molecule has 1 saturated heterocycles. The molecule has 2 aromatic rings. The van der Waals surface area contributed by atoms with Crippen molar-refractivity contribution < 1.29 is 4.79 Å². The van der Waals surface area contributed by atoms with Crippen molar-refractivity contribution in [2.75, 3.05) is 18.9 Å². The van der Waals surface area contributed by atoms with Gasteiger partial charge in [-0.2, -0.15) is 0 Å². The summed E-state index contributed by atoms with van der Waals surface area (Å²) in [7, 11) is 1.81. The molecule has 0 saturated carbocycles. The number of hydrogen-bond acceptors (Lipinski definition) is 6. The molecule has 106 valence electrons. The highest BCUT2D eigenvalue weighted by Gasteiger charge is 2.31. The average molecular weight is 308 g/mol. The number of nitrogens with one attached hydrogen (secondary N) is 1. The van der Waals surface area contributed by atoms with E-state index < -0.39 is 0 Å². The molecule has 7 heteroatoms. The molecule has 1 N–H and O–H groups in total. The lowest BCUT2D eigenvalue weighted by Gasteiger charge is -2.34. The summed E-state index contributed by atoms with van der Waals surface area (Å²) < 4.78 is 0. The lowest BCUT2D eigenvalue weighted by molar-refractivity contribution is 0.0606. The zero-order valence-electron chi connectivity index (χ0n) is 11.2. The normalized spacial score (nSPS) is 19.1. The first-order chi connectivity index (χ1) is 9.79. The summed E-state index contributed by atoms with van der Waals surface area (Å²) in [4.78, 5) is 23.3. The van der Waals surface area contributed by atoms with Crippen molar-refractivity contribution >= 4 is 33.7 Å². The Morgan fingerprint density at radius 3 is 3.05 bits per heavy atom. The van der Waals surface area contributed by atoms with Gasteiger partial charge < -0.3 is 10.2 Å². The first kappa shape index (κ1) is 13.5. The van der Waals surface area contributed by atoms with Gasteiger partial charge in [0.1, 0.15) is 10.7 Å². The smallest absolute Gasteiger partial charge is 0.274 e. The fraction of sp³-hybridized carbons (Fsp3) is 0.462. The monoisotopic (exact) mass is 308 g/mol. The fourth-order valence-electron chi connectivity index (χ4n) is 2.46. The molecule has 1 aliphatic rings. The number of carbonyl (C=O) groups excluding carboxylic acids is 1. The molecule has 0 unspecified atom stereocenters. The highest BCUT2D eigenvalue weighted by Crippen LogP contribution is 2.33. The molecule has 0 aliphatic carbocycles. The Labute approximate surface area is 125 Å². The fourth-order valence-corrected chi connectivity index (χ4v) is 3.90. The molecule has 0 aromatic carbocycles. The lowest BCUT2D eigenvalue weighted by Crippen LogP contribution is -2.38. The summed E-state index contributed by atoms with van der Waals surface area (Å²) in [5.74, 6) is 0.0163. The number of rotatable bonds is 3. The minimum atomic E-state index is 0.0163. The van der Waals surface area contributed by atoms with E-state index in [2.05, 4.69) is 15.3 Å². The van der Waals surface area contributed by atoms with Gasteiger partial charge >= 0.3 is 0 Å². The van der Waals surface area contributed by atoms with Crippen molar-refractivity contribution in [2.45, 2.75) is 25.3 Å². The summed E-state index contributed by atoms with van der Waals surface area (Å²) in [5, 5.41) is 8.56. The lowest BCUT2D eigenvalue weighted by atomic mass is 10.0. The number of thiazole rings is 2. The zero-order chi connectivity index (χ0) is 13.9. The van der Waals surface area contributed by atoms with Gasteiger partial charge in [-0.15, -0.1) is 22.7 Å². The zero-order valence-corrected chi connectivity index (χ0v) is 12.8. The second-order valence-corrected chi connectivity index (χ2v) is 6.45. The van der Waals surface area contributed by atoms with E-state index in [4.69, 9.17) is 0 Å². The second-order valence-electron chi connectivity index (χ2n) is 4.67. The van der Waals surface area contributed by atoms with Crippen molar-refractivity contribution in [1.82, 2.24) is 14.9 Å². The number of hydrogen-bond donors (Lipinski definition) is 1. The third kappa shape index (κ3) is 2.55. The summed E-state index contributed by atoms with van der Waals surface area (Å²) in [6, 6.07) is 0.107. The molecular formula is C13H16N4OS2. The number of carbonyl (C=O) groups is 1. The predicted molar refractivity (Wildman–Crippen MR) is 81.4 cm³/mol. The van der Waals surface area contributed by atoms with Gasteiger partial charge in [-0.05, 0) is 19.3 Å². The molecule has 3 heterocycles. The maximum absolute atomic E-state index is 12.7. The van der Waals surface area contributed by atoms with E-state index >= 15 is 0 Å². The molecule has 0 radical (unpaired) electrons. The molecular weight excluding hydrogens is 292 g/mol. The predicted octanol–water partition coefficient (Wildman–Crippen LogP) is 3.01. The topological polar surface area (TPSA) is 58.1 Å². The van der Waals surface area contributed by atoms with Crippen LogP contribution in [0.1, 0.15) is 40.8 Å². The van der Waals surface area contributed by atoms with Crippen LogP contribution in [0.3, 0.4) is 0 Å². The Hall–Kier alpha value is -1.47. The number of aromatic nitrogens is 2. The van der Waals surface area contributed by atoms with E-state index in [0.29, 0.717) is 5.69 Å². The number of likely N-dealkylation sites (tertiary alicyclic amines) is 1. The molecule has 1 aliphatic heterocycles. The van der Waals surface area contributed by atoms with Gasteiger partial charge in [0.25, 0.3) is 5.91 Å². The Bertz CT molecular complexity index is 581. The van der Waals surface area contributed by atoms with Crippen LogP contribution in [0.5, 0.6) is 0 Å². The molecule has 1 fully saturated rings. The van der Waals surface area contributed by atoms with Gasteiger partial charge in [-0.25, -0.2) is 9.97 Å². The van der Waals surface area contributed by atoms with E-state index in [0.717, 1.165) is 35.9 Å². The second kappa shape index (κ2) is 5.88. The summed E-state index contributed by atoms with van der Waals surface area (Å²) in [6.07, 6.45) is 4.99. The van der Waals surface area contributed by atoms with E-state index in [1.165, 1.54) is 11.3 Å². The average Bonchev–Trinajstić information content (AvgIpc) is 3.17. The van der Waals surface area contributed by atoms with E-state index in [1.54, 1.807) is 17.5 Å². The van der Waals surface area contributed by atoms with Crippen LogP contribution >= 0.6 is 22.7 Å².